The van der Waals surface area contributed by atoms with Gasteiger partial charge in [0.2, 0.25) is 5.91 Å². The summed E-state index contributed by atoms with van der Waals surface area (Å²) >= 11 is 0. The molecule has 2 saturated heterocycles. The van der Waals surface area contributed by atoms with Gasteiger partial charge in [-0.25, -0.2) is 4.79 Å². The van der Waals surface area contributed by atoms with Gasteiger partial charge >= 0.3 is 6.09 Å². The van der Waals surface area contributed by atoms with Crippen LogP contribution in [0.2, 0.25) is 0 Å². The van der Waals surface area contributed by atoms with Gasteiger partial charge in [-0.15, -0.1) is 0 Å². The summed E-state index contributed by atoms with van der Waals surface area (Å²) in [5.74, 6) is 0.626. The average Bonchev–Trinajstić information content (AvgIpc) is 2.99. The normalized spacial score (nSPS) is 30.7. The average molecular weight is 314 g/mol. The van der Waals surface area contributed by atoms with Gasteiger partial charge in [0.25, 0.3) is 0 Å². The van der Waals surface area contributed by atoms with E-state index in [0.717, 1.165) is 38.8 Å². The van der Waals surface area contributed by atoms with Crippen LogP contribution in [0.5, 0.6) is 0 Å². The van der Waals surface area contributed by atoms with Crippen LogP contribution in [0.3, 0.4) is 0 Å². The lowest BCUT2D eigenvalue weighted by Gasteiger charge is -2.46. The Bertz CT molecular complexity index is 610. The monoisotopic (exact) mass is 314 g/mol. The van der Waals surface area contributed by atoms with Crippen molar-refractivity contribution >= 4 is 12.0 Å². The summed E-state index contributed by atoms with van der Waals surface area (Å²) < 4.78 is 5.03. The van der Waals surface area contributed by atoms with E-state index in [2.05, 4.69) is 29.6 Å². The predicted octanol–water partition coefficient (Wildman–Crippen LogP) is 2.28. The predicted molar refractivity (Wildman–Crippen MR) is 84.9 cm³/mol. The minimum atomic E-state index is -0.426. The molecule has 3 fully saturated rings. The molecule has 2 aliphatic heterocycles. The molecule has 1 N–H and O–H groups in total. The fraction of sp³-hybridized carbons (Fsp3) is 0.556. The number of hydrogen-bond acceptors (Lipinski definition) is 3. The first-order valence-electron chi connectivity index (χ1n) is 8.47. The highest BCUT2D eigenvalue weighted by atomic mass is 16.6. The molecule has 0 aromatic heterocycles. The first-order valence-corrected chi connectivity index (χ1v) is 8.47. The topological polar surface area (TPSA) is 58.6 Å². The lowest BCUT2D eigenvalue weighted by atomic mass is 9.66. The molecule has 0 bridgehead atoms. The largest absolute Gasteiger partial charge is 0.447 e. The summed E-state index contributed by atoms with van der Waals surface area (Å²) in [5, 5.41) is 2.86. The number of piperidine rings is 1. The van der Waals surface area contributed by atoms with Crippen LogP contribution in [0.4, 0.5) is 4.79 Å². The Labute approximate surface area is 136 Å². The highest BCUT2D eigenvalue weighted by molar-refractivity contribution is 5.84. The molecule has 5 heteroatoms. The molecule has 2 amide bonds. The minimum Gasteiger partial charge on any atom is -0.447 e. The van der Waals surface area contributed by atoms with Crippen molar-refractivity contribution in [3.8, 4) is 0 Å². The third kappa shape index (κ3) is 2.48. The number of nitrogens with one attached hydrogen (secondary N) is 1. The number of likely N-dealkylation sites (tertiary alicyclic amines) is 1. The molecule has 0 radical (unpaired) electrons. The van der Waals surface area contributed by atoms with E-state index in [0.29, 0.717) is 12.5 Å². The van der Waals surface area contributed by atoms with Crippen LogP contribution in [0.15, 0.2) is 30.3 Å². The summed E-state index contributed by atoms with van der Waals surface area (Å²) in [6.07, 6.45) is 3.33. The van der Waals surface area contributed by atoms with E-state index in [9.17, 15) is 9.59 Å². The molecule has 23 heavy (non-hydrogen) atoms. The van der Waals surface area contributed by atoms with Gasteiger partial charge in [0.15, 0.2) is 0 Å². The first kappa shape index (κ1) is 14.5. The molecule has 1 aromatic carbocycles. The van der Waals surface area contributed by atoms with Gasteiger partial charge in [-0.3, -0.25) is 4.79 Å². The molecule has 1 spiro atoms. The second-order valence-corrected chi connectivity index (χ2v) is 6.96. The van der Waals surface area contributed by atoms with Crippen LogP contribution in [-0.2, 0) is 9.53 Å². The molecular weight excluding hydrogens is 292 g/mol. The lowest BCUT2D eigenvalue weighted by molar-refractivity contribution is -0.144. The van der Waals surface area contributed by atoms with Gasteiger partial charge in [0, 0.05) is 13.1 Å². The van der Waals surface area contributed by atoms with Crippen LogP contribution in [0.1, 0.15) is 37.2 Å². The Morgan fingerprint density at radius 2 is 1.91 bits per heavy atom. The lowest BCUT2D eigenvalue weighted by Crippen LogP contribution is -2.62. The summed E-state index contributed by atoms with van der Waals surface area (Å²) in [4.78, 5) is 26.1. The first-order chi connectivity index (χ1) is 11.2. The molecule has 4 rings (SSSR count). The van der Waals surface area contributed by atoms with Crippen molar-refractivity contribution in [1.29, 1.82) is 0 Å². The number of carbonyl (C=O) groups excluding carboxylic acids is 2. The number of hydrogen-bond donors (Lipinski definition) is 1. The second kappa shape index (κ2) is 5.55. The van der Waals surface area contributed by atoms with Crippen LogP contribution in [0, 0.1) is 5.92 Å². The number of rotatable bonds is 2. The molecular formula is C18H22N2O3. The van der Waals surface area contributed by atoms with Gasteiger partial charge in [-0.1, -0.05) is 30.3 Å². The van der Waals surface area contributed by atoms with E-state index in [1.165, 1.54) is 5.56 Å². The fourth-order valence-corrected chi connectivity index (χ4v) is 4.17. The number of cyclic esters (lactones) is 1. The molecule has 1 saturated carbocycles. The molecule has 2 atom stereocenters. The quantitative estimate of drug-likeness (QED) is 0.911. The van der Waals surface area contributed by atoms with E-state index < -0.39 is 5.54 Å². The Balaban J connectivity index is 1.37. The van der Waals surface area contributed by atoms with Crippen molar-refractivity contribution in [2.24, 2.45) is 5.92 Å². The van der Waals surface area contributed by atoms with Crippen molar-refractivity contribution in [3.63, 3.8) is 0 Å². The molecule has 2 unspecified atom stereocenters. The Morgan fingerprint density at radius 1 is 1.17 bits per heavy atom. The third-order valence-electron chi connectivity index (χ3n) is 5.73. The Hall–Kier alpha value is -2.04. The van der Waals surface area contributed by atoms with Crippen molar-refractivity contribution < 1.29 is 14.3 Å². The highest BCUT2D eigenvalue weighted by Gasteiger charge is 2.56. The Morgan fingerprint density at radius 3 is 2.48 bits per heavy atom. The number of alkyl carbamates (subject to hydrolysis) is 1. The maximum Gasteiger partial charge on any atom is 0.407 e. The van der Waals surface area contributed by atoms with Crippen molar-refractivity contribution in [3.05, 3.63) is 35.9 Å². The fourth-order valence-electron chi connectivity index (χ4n) is 4.17. The maximum atomic E-state index is 12.8. The van der Waals surface area contributed by atoms with Crippen LogP contribution in [0.25, 0.3) is 0 Å². The SMILES string of the molecule is O=C1NC2(CCC2C(=O)N2CCC(c3ccccc3)CC2)CO1. The van der Waals surface area contributed by atoms with E-state index >= 15 is 0 Å². The Kier molecular flexibility index (Phi) is 3.51. The number of carbonyl (C=O) groups is 2. The third-order valence-corrected chi connectivity index (χ3v) is 5.73. The zero-order valence-electron chi connectivity index (χ0n) is 13.2. The molecule has 5 nitrogen and oxygen atoms in total. The zero-order chi connectivity index (χ0) is 15.9. The number of ether oxygens (including phenoxy) is 1. The van der Waals surface area contributed by atoms with Gasteiger partial charge in [0.05, 0.1) is 11.5 Å². The molecule has 3 aliphatic rings. The van der Waals surface area contributed by atoms with E-state index in [1.54, 1.807) is 0 Å². The summed E-state index contributed by atoms with van der Waals surface area (Å²) in [7, 11) is 0. The van der Waals surface area contributed by atoms with Crippen LogP contribution >= 0.6 is 0 Å². The van der Waals surface area contributed by atoms with Gasteiger partial charge < -0.3 is 15.0 Å². The van der Waals surface area contributed by atoms with Gasteiger partial charge in [-0.05, 0) is 37.2 Å². The minimum absolute atomic E-state index is 0.109. The summed E-state index contributed by atoms with van der Waals surface area (Å²) in [6, 6.07) is 10.5. The highest BCUT2D eigenvalue weighted by Crippen LogP contribution is 2.43. The van der Waals surface area contributed by atoms with Crippen molar-refractivity contribution in [1.82, 2.24) is 10.2 Å². The van der Waals surface area contributed by atoms with E-state index in [1.807, 2.05) is 11.0 Å². The zero-order valence-corrected chi connectivity index (χ0v) is 13.2. The van der Waals surface area contributed by atoms with Crippen LogP contribution < -0.4 is 5.32 Å². The van der Waals surface area contributed by atoms with Crippen LogP contribution in [-0.4, -0.2) is 42.1 Å². The smallest absolute Gasteiger partial charge is 0.407 e. The summed E-state index contributed by atoms with van der Waals surface area (Å²) in [6.45, 7) is 1.95. The standard InChI is InChI=1S/C18H22N2O3/c21-16(15-6-9-18(15)12-23-17(22)19-18)20-10-7-14(8-11-20)13-4-2-1-3-5-13/h1-5,14-15H,6-12H2,(H,19,22). The maximum absolute atomic E-state index is 12.8. The summed E-state index contributed by atoms with van der Waals surface area (Å²) in [5.41, 5.74) is 0.945. The molecule has 1 aromatic rings. The van der Waals surface area contributed by atoms with E-state index in [-0.39, 0.29) is 17.9 Å². The van der Waals surface area contributed by atoms with Gasteiger partial charge in [0.1, 0.15) is 6.61 Å². The number of amides is 2. The van der Waals surface area contributed by atoms with Crippen molar-refractivity contribution in [2.75, 3.05) is 19.7 Å². The molecule has 122 valence electrons. The molecule has 2 heterocycles. The second-order valence-electron chi connectivity index (χ2n) is 6.96. The molecule has 1 aliphatic carbocycles. The number of benzene rings is 1. The van der Waals surface area contributed by atoms with Crippen molar-refractivity contribution in [2.45, 2.75) is 37.1 Å². The number of nitrogens with zero attached hydrogens (tertiary/aromatic N) is 1. The van der Waals surface area contributed by atoms with Gasteiger partial charge in [-0.2, -0.15) is 0 Å². The van der Waals surface area contributed by atoms with E-state index in [4.69, 9.17) is 4.74 Å².